The summed E-state index contributed by atoms with van der Waals surface area (Å²) in [5.74, 6) is 0.545. The Kier molecular flexibility index (Phi) is 5.29. The summed E-state index contributed by atoms with van der Waals surface area (Å²) in [6, 6.07) is 9.50. The molecule has 0 aliphatic heterocycles. The third kappa shape index (κ3) is 4.57. The molecule has 1 aromatic heterocycles. The molecule has 0 atom stereocenters. The van der Waals surface area contributed by atoms with Crippen molar-refractivity contribution in [1.82, 2.24) is 10.3 Å². The number of aryl methyl sites for hydroxylation is 1. The number of aromatic nitrogens is 1. The minimum absolute atomic E-state index is 0.109. The summed E-state index contributed by atoms with van der Waals surface area (Å²) < 4.78 is 5.23. The first-order valence-corrected chi connectivity index (χ1v) is 6.73. The first-order valence-electron chi connectivity index (χ1n) is 6.73. The van der Waals surface area contributed by atoms with E-state index in [4.69, 9.17) is 4.74 Å². The zero-order chi connectivity index (χ0) is 15.1. The summed E-state index contributed by atoms with van der Waals surface area (Å²) in [6.45, 7) is 2.80. The highest BCUT2D eigenvalue weighted by Crippen LogP contribution is 2.24. The summed E-state index contributed by atoms with van der Waals surface area (Å²) in [6.07, 6.45) is 3.49. The standard InChI is InChI=1S/C16H19N3O2/c1-12-5-6-15(21-2)14(8-12)19-16(20)11-18-10-13-4-3-7-17-9-13/h3-9,18H,10-11H2,1-2H3,(H,19,20). The van der Waals surface area contributed by atoms with Crippen molar-refractivity contribution in [3.63, 3.8) is 0 Å². The number of amides is 1. The summed E-state index contributed by atoms with van der Waals surface area (Å²) in [7, 11) is 1.58. The van der Waals surface area contributed by atoms with Crippen LogP contribution in [0.15, 0.2) is 42.7 Å². The van der Waals surface area contributed by atoms with Gasteiger partial charge in [0.15, 0.2) is 0 Å². The number of carbonyl (C=O) groups excluding carboxylic acids is 1. The van der Waals surface area contributed by atoms with Crippen molar-refractivity contribution in [3.8, 4) is 5.75 Å². The van der Waals surface area contributed by atoms with Gasteiger partial charge in [-0.3, -0.25) is 9.78 Å². The molecular weight excluding hydrogens is 266 g/mol. The summed E-state index contributed by atoms with van der Waals surface area (Å²) in [5, 5.41) is 5.93. The molecule has 0 spiro atoms. The minimum atomic E-state index is -0.109. The van der Waals surface area contributed by atoms with Crippen molar-refractivity contribution in [2.45, 2.75) is 13.5 Å². The highest BCUT2D eigenvalue weighted by atomic mass is 16.5. The maximum Gasteiger partial charge on any atom is 0.238 e. The van der Waals surface area contributed by atoms with E-state index in [2.05, 4.69) is 15.6 Å². The second-order valence-electron chi connectivity index (χ2n) is 4.72. The molecule has 2 N–H and O–H groups in total. The van der Waals surface area contributed by atoms with Gasteiger partial charge in [0.2, 0.25) is 5.91 Å². The highest BCUT2D eigenvalue weighted by molar-refractivity contribution is 5.93. The lowest BCUT2D eigenvalue weighted by Crippen LogP contribution is -2.27. The molecule has 5 heteroatoms. The fourth-order valence-electron chi connectivity index (χ4n) is 1.94. The Hall–Kier alpha value is -2.40. The molecule has 0 unspecified atom stereocenters. The van der Waals surface area contributed by atoms with Gasteiger partial charge in [-0.1, -0.05) is 12.1 Å². The van der Waals surface area contributed by atoms with E-state index in [1.807, 2.05) is 37.3 Å². The lowest BCUT2D eigenvalue weighted by atomic mass is 10.2. The molecule has 0 aliphatic carbocycles. The normalized spacial score (nSPS) is 10.2. The van der Waals surface area contributed by atoms with Crippen molar-refractivity contribution >= 4 is 11.6 Å². The fraction of sp³-hybridized carbons (Fsp3) is 0.250. The predicted molar refractivity (Wildman–Crippen MR) is 82.3 cm³/mol. The van der Waals surface area contributed by atoms with Crippen LogP contribution < -0.4 is 15.4 Å². The molecule has 0 saturated carbocycles. The number of carbonyl (C=O) groups is 1. The molecule has 110 valence electrons. The Morgan fingerprint density at radius 3 is 2.90 bits per heavy atom. The zero-order valence-electron chi connectivity index (χ0n) is 12.2. The second kappa shape index (κ2) is 7.40. The van der Waals surface area contributed by atoms with Crippen molar-refractivity contribution in [3.05, 3.63) is 53.9 Å². The molecule has 5 nitrogen and oxygen atoms in total. The van der Waals surface area contributed by atoms with Crippen LogP contribution in [0.25, 0.3) is 0 Å². The quantitative estimate of drug-likeness (QED) is 0.853. The molecule has 1 amide bonds. The first kappa shape index (κ1) is 15.0. The molecule has 2 rings (SSSR count). The van der Waals surface area contributed by atoms with E-state index in [-0.39, 0.29) is 12.5 Å². The van der Waals surface area contributed by atoms with Crippen molar-refractivity contribution in [2.24, 2.45) is 0 Å². The third-order valence-corrected chi connectivity index (χ3v) is 2.97. The van der Waals surface area contributed by atoms with Gasteiger partial charge >= 0.3 is 0 Å². The number of nitrogens with one attached hydrogen (secondary N) is 2. The number of nitrogens with zero attached hydrogens (tertiary/aromatic N) is 1. The number of ether oxygens (including phenoxy) is 1. The van der Waals surface area contributed by atoms with Crippen LogP contribution >= 0.6 is 0 Å². The van der Waals surface area contributed by atoms with Crippen LogP contribution in [0.3, 0.4) is 0 Å². The molecule has 0 fully saturated rings. The van der Waals surface area contributed by atoms with Gasteiger partial charge in [-0.25, -0.2) is 0 Å². The maximum atomic E-state index is 11.9. The van der Waals surface area contributed by atoms with Crippen LogP contribution in [-0.4, -0.2) is 24.5 Å². The van der Waals surface area contributed by atoms with Gasteiger partial charge < -0.3 is 15.4 Å². The van der Waals surface area contributed by atoms with E-state index in [1.165, 1.54) is 0 Å². The Bertz CT molecular complexity index is 600. The number of methoxy groups -OCH3 is 1. The van der Waals surface area contributed by atoms with E-state index in [0.29, 0.717) is 18.0 Å². The Balaban J connectivity index is 1.86. The number of benzene rings is 1. The number of rotatable bonds is 6. The van der Waals surface area contributed by atoms with Gasteiger partial charge in [-0.2, -0.15) is 0 Å². The van der Waals surface area contributed by atoms with Crippen LogP contribution in [-0.2, 0) is 11.3 Å². The molecular formula is C16H19N3O2. The van der Waals surface area contributed by atoms with E-state index < -0.39 is 0 Å². The maximum absolute atomic E-state index is 11.9. The van der Waals surface area contributed by atoms with Gasteiger partial charge in [0.25, 0.3) is 0 Å². The van der Waals surface area contributed by atoms with Crippen LogP contribution in [0.1, 0.15) is 11.1 Å². The smallest absolute Gasteiger partial charge is 0.238 e. The van der Waals surface area contributed by atoms with Crippen molar-refractivity contribution in [2.75, 3.05) is 19.0 Å². The Labute approximate surface area is 124 Å². The van der Waals surface area contributed by atoms with E-state index >= 15 is 0 Å². The van der Waals surface area contributed by atoms with Crippen LogP contribution in [0.4, 0.5) is 5.69 Å². The average molecular weight is 285 g/mol. The number of pyridine rings is 1. The lowest BCUT2D eigenvalue weighted by Gasteiger charge is -2.11. The van der Waals surface area contributed by atoms with Crippen molar-refractivity contribution < 1.29 is 9.53 Å². The number of hydrogen-bond donors (Lipinski definition) is 2. The Morgan fingerprint density at radius 1 is 1.33 bits per heavy atom. The largest absolute Gasteiger partial charge is 0.495 e. The SMILES string of the molecule is COc1ccc(C)cc1NC(=O)CNCc1cccnc1. The van der Waals surface area contributed by atoms with E-state index in [1.54, 1.807) is 19.5 Å². The zero-order valence-corrected chi connectivity index (χ0v) is 12.2. The fourth-order valence-corrected chi connectivity index (χ4v) is 1.94. The van der Waals surface area contributed by atoms with Crippen LogP contribution in [0.5, 0.6) is 5.75 Å². The van der Waals surface area contributed by atoms with Gasteiger partial charge in [0.05, 0.1) is 19.3 Å². The molecule has 0 bridgehead atoms. The molecule has 0 saturated heterocycles. The molecule has 0 radical (unpaired) electrons. The third-order valence-electron chi connectivity index (χ3n) is 2.97. The molecule has 1 aromatic carbocycles. The summed E-state index contributed by atoms with van der Waals surface area (Å²) >= 11 is 0. The van der Waals surface area contributed by atoms with E-state index in [9.17, 15) is 4.79 Å². The predicted octanol–water partition coefficient (Wildman–Crippen LogP) is 2.13. The highest BCUT2D eigenvalue weighted by Gasteiger charge is 2.07. The van der Waals surface area contributed by atoms with E-state index in [0.717, 1.165) is 11.1 Å². The topological polar surface area (TPSA) is 63.2 Å². The lowest BCUT2D eigenvalue weighted by molar-refractivity contribution is -0.115. The van der Waals surface area contributed by atoms with Gasteiger partial charge in [0.1, 0.15) is 5.75 Å². The minimum Gasteiger partial charge on any atom is -0.495 e. The van der Waals surface area contributed by atoms with Gasteiger partial charge in [-0.15, -0.1) is 0 Å². The number of hydrogen-bond acceptors (Lipinski definition) is 4. The van der Waals surface area contributed by atoms with Gasteiger partial charge in [-0.05, 0) is 36.2 Å². The molecule has 1 heterocycles. The van der Waals surface area contributed by atoms with Crippen molar-refractivity contribution in [1.29, 1.82) is 0 Å². The summed E-state index contributed by atoms with van der Waals surface area (Å²) in [5.41, 5.74) is 2.79. The summed E-state index contributed by atoms with van der Waals surface area (Å²) in [4.78, 5) is 16.0. The first-order chi connectivity index (χ1) is 10.2. The van der Waals surface area contributed by atoms with Crippen LogP contribution in [0.2, 0.25) is 0 Å². The second-order valence-corrected chi connectivity index (χ2v) is 4.72. The molecule has 2 aromatic rings. The average Bonchev–Trinajstić information content (AvgIpc) is 2.48. The monoisotopic (exact) mass is 285 g/mol. The molecule has 21 heavy (non-hydrogen) atoms. The molecule has 0 aliphatic rings. The number of anilines is 1. The van der Waals surface area contributed by atoms with Gasteiger partial charge in [0, 0.05) is 18.9 Å². The van der Waals surface area contributed by atoms with Crippen LogP contribution in [0, 0.1) is 6.92 Å². The Morgan fingerprint density at radius 2 is 2.19 bits per heavy atom.